The minimum atomic E-state index is -0.171. The van der Waals surface area contributed by atoms with E-state index in [9.17, 15) is 9.59 Å². The van der Waals surface area contributed by atoms with Crippen molar-refractivity contribution in [3.8, 4) is 0 Å². The lowest BCUT2D eigenvalue weighted by Crippen LogP contribution is -2.37. The van der Waals surface area contributed by atoms with Gasteiger partial charge in [0.15, 0.2) is 0 Å². The van der Waals surface area contributed by atoms with E-state index in [1.165, 1.54) is 33.1 Å². The van der Waals surface area contributed by atoms with Crippen LogP contribution in [0.15, 0.2) is 12.2 Å². The number of hydrogen-bond acceptors (Lipinski definition) is 4. The summed E-state index contributed by atoms with van der Waals surface area (Å²) < 4.78 is 10.8. The molecule has 3 aliphatic rings. The molecule has 3 fully saturated rings. The lowest BCUT2D eigenvalue weighted by molar-refractivity contribution is -0.154. The lowest BCUT2D eigenvalue weighted by atomic mass is 9.70. The Labute approximate surface area is 171 Å². The molecule has 0 saturated heterocycles. The largest absolute Gasteiger partial charge is 0.462 e. The molecule has 0 spiro atoms. The number of esters is 2. The fourth-order valence-electron chi connectivity index (χ4n) is 5.74. The standard InChI is InChI=1S/2C12H20O2/c1-8(13)14-10-7-9-5-6-12(10,4)11(9,2)3;1-8(2)11-6-5-9(3)7-12(11)14-10(4)13/h9-10H,5-7H2,1-4H3;9,11-12H,1,5-7H2,2-4H3/t9-,10-,12+;9-,11+,12-/m01/s1. The predicted octanol–water partition coefficient (Wildman–Crippen LogP) is 5.69. The molecule has 0 heterocycles. The monoisotopic (exact) mass is 392 g/mol. The van der Waals surface area contributed by atoms with Crippen LogP contribution in [0.25, 0.3) is 0 Å². The minimum Gasteiger partial charge on any atom is -0.462 e. The minimum absolute atomic E-state index is 0.0637. The third kappa shape index (κ3) is 4.63. The summed E-state index contributed by atoms with van der Waals surface area (Å²) in [5.74, 6) is 1.48. The average Bonchev–Trinajstić information content (AvgIpc) is 2.87. The Kier molecular flexibility index (Phi) is 7.04. The zero-order valence-corrected chi connectivity index (χ0v) is 19.0. The summed E-state index contributed by atoms with van der Waals surface area (Å²) in [6.07, 6.45) is 7.12. The molecule has 0 aromatic heterocycles. The van der Waals surface area contributed by atoms with Gasteiger partial charge in [-0.3, -0.25) is 9.59 Å². The SMILES string of the molecule is C=C(C)[C@@H]1CC[C@@H](C)C[C@H]1OC(C)=O.CC(=O)O[C@H]1C[C@@H]2CC[C@@]1(C)C2(C)C. The van der Waals surface area contributed by atoms with Crippen molar-refractivity contribution in [3.05, 3.63) is 12.2 Å². The maximum atomic E-state index is 11.0. The Morgan fingerprint density at radius 1 is 0.929 bits per heavy atom. The van der Waals surface area contributed by atoms with Gasteiger partial charge in [0.2, 0.25) is 0 Å². The smallest absolute Gasteiger partial charge is 0.302 e. The van der Waals surface area contributed by atoms with Crippen LogP contribution in [0, 0.1) is 28.6 Å². The fraction of sp³-hybridized carbons (Fsp3) is 0.833. The van der Waals surface area contributed by atoms with Gasteiger partial charge in [0.05, 0.1) is 0 Å². The molecule has 0 amide bonds. The van der Waals surface area contributed by atoms with Crippen LogP contribution in [0.2, 0.25) is 0 Å². The van der Waals surface area contributed by atoms with Crippen LogP contribution in [-0.2, 0) is 19.1 Å². The van der Waals surface area contributed by atoms with Crippen LogP contribution in [0.3, 0.4) is 0 Å². The molecule has 28 heavy (non-hydrogen) atoms. The molecule has 3 aliphatic carbocycles. The fourth-order valence-corrected chi connectivity index (χ4v) is 5.74. The summed E-state index contributed by atoms with van der Waals surface area (Å²) >= 11 is 0. The quantitative estimate of drug-likeness (QED) is 0.457. The average molecular weight is 393 g/mol. The summed E-state index contributed by atoms with van der Waals surface area (Å²) in [6.45, 7) is 18.1. The van der Waals surface area contributed by atoms with E-state index in [0.717, 1.165) is 30.8 Å². The van der Waals surface area contributed by atoms with Crippen LogP contribution in [-0.4, -0.2) is 24.1 Å². The summed E-state index contributed by atoms with van der Waals surface area (Å²) in [4.78, 5) is 21.9. The first kappa shape index (κ1) is 23.0. The Morgan fingerprint density at radius 2 is 1.54 bits per heavy atom. The third-order valence-electron chi connectivity index (χ3n) is 8.03. The van der Waals surface area contributed by atoms with Crippen LogP contribution in [0.4, 0.5) is 0 Å². The maximum Gasteiger partial charge on any atom is 0.302 e. The van der Waals surface area contributed by atoms with Gasteiger partial charge >= 0.3 is 11.9 Å². The van der Waals surface area contributed by atoms with E-state index in [0.29, 0.717) is 17.3 Å². The summed E-state index contributed by atoms with van der Waals surface area (Å²) in [5, 5.41) is 0. The first-order valence-corrected chi connectivity index (χ1v) is 10.9. The molecule has 0 aromatic rings. The molecule has 0 unspecified atom stereocenters. The highest BCUT2D eigenvalue weighted by atomic mass is 16.5. The molecule has 0 aromatic carbocycles. The van der Waals surface area contributed by atoms with Crippen molar-refractivity contribution in [2.75, 3.05) is 0 Å². The lowest BCUT2D eigenvalue weighted by Gasteiger charge is -2.38. The third-order valence-corrected chi connectivity index (χ3v) is 8.03. The highest BCUT2D eigenvalue weighted by Gasteiger charge is 2.62. The topological polar surface area (TPSA) is 52.6 Å². The Morgan fingerprint density at radius 3 is 1.96 bits per heavy atom. The molecular weight excluding hydrogens is 352 g/mol. The van der Waals surface area contributed by atoms with E-state index in [1.807, 2.05) is 6.92 Å². The molecule has 0 radical (unpaired) electrons. The van der Waals surface area contributed by atoms with E-state index in [1.54, 1.807) is 0 Å². The van der Waals surface area contributed by atoms with Crippen LogP contribution < -0.4 is 0 Å². The molecule has 0 N–H and O–H groups in total. The van der Waals surface area contributed by atoms with E-state index < -0.39 is 0 Å². The van der Waals surface area contributed by atoms with Gasteiger partial charge in [0.25, 0.3) is 0 Å². The molecular formula is C24H40O4. The highest BCUT2D eigenvalue weighted by molar-refractivity contribution is 5.66. The van der Waals surface area contributed by atoms with E-state index in [4.69, 9.17) is 9.47 Å². The highest BCUT2D eigenvalue weighted by Crippen LogP contribution is 2.66. The van der Waals surface area contributed by atoms with Gasteiger partial charge in [0, 0.05) is 25.2 Å². The molecule has 2 bridgehead atoms. The van der Waals surface area contributed by atoms with Gasteiger partial charge in [-0.25, -0.2) is 0 Å². The first-order valence-electron chi connectivity index (χ1n) is 10.9. The number of ether oxygens (including phenoxy) is 2. The number of carbonyl (C=O) groups is 2. The van der Waals surface area contributed by atoms with Gasteiger partial charge in [0.1, 0.15) is 12.2 Å². The zero-order chi connectivity index (χ0) is 21.3. The molecule has 160 valence electrons. The summed E-state index contributed by atoms with van der Waals surface area (Å²) in [6, 6.07) is 0. The number of carbonyl (C=O) groups excluding carboxylic acids is 2. The zero-order valence-electron chi connectivity index (χ0n) is 19.0. The Hall–Kier alpha value is -1.32. The van der Waals surface area contributed by atoms with Crippen LogP contribution in [0.1, 0.15) is 87.0 Å². The van der Waals surface area contributed by atoms with Crippen molar-refractivity contribution in [3.63, 3.8) is 0 Å². The van der Waals surface area contributed by atoms with Crippen LogP contribution in [0.5, 0.6) is 0 Å². The molecule has 4 heteroatoms. The molecule has 0 aliphatic heterocycles. The van der Waals surface area contributed by atoms with Crippen molar-refractivity contribution in [2.24, 2.45) is 28.6 Å². The van der Waals surface area contributed by atoms with E-state index in [-0.39, 0.29) is 29.6 Å². The van der Waals surface area contributed by atoms with E-state index >= 15 is 0 Å². The Balaban J connectivity index is 0.000000200. The number of fused-ring (bicyclic) bond motifs is 2. The van der Waals surface area contributed by atoms with Gasteiger partial charge < -0.3 is 9.47 Å². The van der Waals surface area contributed by atoms with Crippen molar-refractivity contribution in [2.45, 2.75) is 99.2 Å². The molecule has 6 atom stereocenters. The molecule has 4 nitrogen and oxygen atoms in total. The predicted molar refractivity (Wildman–Crippen MR) is 112 cm³/mol. The second kappa shape index (κ2) is 8.59. The van der Waals surface area contributed by atoms with Gasteiger partial charge in [-0.2, -0.15) is 0 Å². The summed E-state index contributed by atoms with van der Waals surface area (Å²) in [5.41, 5.74) is 1.69. The second-order valence-corrected chi connectivity index (χ2v) is 10.2. The van der Waals surface area contributed by atoms with Gasteiger partial charge in [-0.1, -0.05) is 39.8 Å². The normalized spacial score (nSPS) is 38.2. The number of hydrogen-bond donors (Lipinski definition) is 0. The van der Waals surface area contributed by atoms with Gasteiger partial charge in [-0.15, -0.1) is 0 Å². The second-order valence-electron chi connectivity index (χ2n) is 10.2. The van der Waals surface area contributed by atoms with E-state index in [2.05, 4.69) is 34.3 Å². The first-order chi connectivity index (χ1) is 12.9. The van der Waals surface area contributed by atoms with Crippen molar-refractivity contribution < 1.29 is 19.1 Å². The summed E-state index contributed by atoms with van der Waals surface area (Å²) in [7, 11) is 0. The van der Waals surface area contributed by atoms with Crippen molar-refractivity contribution >= 4 is 11.9 Å². The number of rotatable bonds is 3. The van der Waals surface area contributed by atoms with Crippen molar-refractivity contribution in [1.82, 2.24) is 0 Å². The van der Waals surface area contributed by atoms with Crippen molar-refractivity contribution in [1.29, 1.82) is 0 Å². The molecule has 3 rings (SSSR count). The van der Waals surface area contributed by atoms with Gasteiger partial charge in [-0.05, 0) is 62.7 Å². The Bertz CT molecular complexity index is 608. The maximum absolute atomic E-state index is 11.0. The molecule has 3 saturated carbocycles. The van der Waals surface area contributed by atoms with Crippen LogP contribution >= 0.6 is 0 Å².